The number of ether oxygens (including phenoxy) is 2. The second-order valence-corrected chi connectivity index (χ2v) is 10.8. The Kier molecular flexibility index (Phi) is 9.09. The van der Waals surface area contributed by atoms with Gasteiger partial charge in [-0.25, -0.2) is 4.39 Å². The number of hydrogen-bond donors (Lipinski definition) is 6. The van der Waals surface area contributed by atoms with Crippen molar-refractivity contribution < 1.29 is 39.1 Å². The van der Waals surface area contributed by atoms with Crippen LogP contribution in [0.1, 0.15) is 49.4 Å². The SMILES string of the molecule is CCn1cc(C(=O)Nc2cccc(O[C@@H]3O[C@H](CO)[C@@H](O)[C@H](O)[C@H]3O)c2)c(=O)c2cc(F)c(NC3CCCCC3)cc21. The zero-order valence-electron chi connectivity index (χ0n) is 23.2. The molecule has 2 heterocycles. The van der Waals surface area contributed by atoms with Crippen LogP contribution < -0.4 is 20.8 Å². The lowest BCUT2D eigenvalue weighted by molar-refractivity contribution is -0.277. The molecule has 1 saturated carbocycles. The number of anilines is 2. The Morgan fingerprint density at radius 3 is 2.57 bits per heavy atom. The van der Waals surface area contributed by atoms with Gasteiger partial charge in [0.1, 0.15) is 41.5 Å². The van der Waals surface area contributed by atoms with E-state index >= 15 is 4.39 Å². The Labute approximate surface area is 241 Å². The quantitative estimate of drug-likeness (QED) is 0.233. The van der Waals surface area contributed by atoms with Crippen LogP contribution in [0, 0.1) is 5.82 Å². The Balaban J connectivity index is 1.36. The third-order valence-corrected chi connectivity index (χ3v) is 7.91. The summed E-state index contributed by atoms with van der Waals surface area (Å²) >= 11 is 0. The molecule has 0 unspecified atom stereocenters. The van der Waals surface area contributed by atoms with Crippen LogP contribution in [0.4, 0.5) is 15.8 Å². The third kappa shape index (κ3) is 6.13. The van der Waals surface area contributed by atoms with E-state index < -0.39 is 54.5 Å². The lowest BCUT2D eigenvalue weighted by Crippen LogP contribution is -2.60. The van der Waals surface area contributed by atoms with Gasteiger partial charge in [-0.05, 0) is 44.0 Å². The van der Waals surface area contributed by atoms with Crippen molar-refractivity contribution in [2.24, 2.45) is 0 Å². The van der Waals surface area contributed by atoms with Gasteiger partial charge < -0.3 is 45.1 Å². The maximum Gasteiger partial charge on any atom is 0.261 e. The Bertz CT molecular complexity index is 1490. The van der Waals surface area contributed by atoms with Crippen LogP contribution in [0.3, 0.4) is 0 Å². The normalized spacial score (nSPS) is 24.9. The van der Waals surface area contributed by atoms with E-state index in [2.05, 4.69) is 10.6 Å². The van der Waals surface area contributed by atoms with Crippen LogP contribution in [0.25, 0.3) is 10.9 Å². The van der Waals surface area contributed by atoms with Crippen molar-refractivity contribution in [3.8, 4) is 5.75 Å². The number of fused-ring (bicyclic) bond motifs is 1. The summed E-state index contributed by atoms with van der Waals surface area (Å²) in [5.74, 6) is -1.12. The molecule has 0 bridgehead atoms. The average Bonchev–Trinajstić information content (AvgIpc) is 2.99. The highest BCUT2D eigenvalue weighted by Gasteiger charge is 2.44. The number of carbonyl (C=O) groups excluding carboxylic acids is 1. The molecule has 2 aliphatic rings. The first kappa shape index (κ1) is 29.9. The fourth-order valence-electron chi connectivity index (χ4n) is 5.56. The lowest BCUT2D eigenvalue weighted by Gasteiger charge is -2.39. The van der Waals surface area contributed by atoms with E-state index in [0.717, 1.165) is 25.7 Å². The number of amides is 1. The van der Waals surface area contributed by atoms with Crippen LogP contribution in [0.15, 0.2) is 47.4 Å². The topological polar surface area (TPSA) is 163 Å². The summed E-state index contributed by atoms with van der Waals surface area (Å²) in [6.07, 6.45) is -0.557. The van der Waals surface area contributed by atoms with Gasteiger partial charge in [0.05, 0.1) is 17.8 Å². The standard InChI is InChI=1S/C30H36FN3O8/c1-2-34-14-20(25(36)19-12-21(31)22(13-23(19)34)32-16-7-4-3-5-8-16)29(40)33-17-9-6-10-18(11-17)41-30-28(39)27(38)26(37)24(15-35)42-30/h6,9-14,16,24,26-28,30,32,35,37-39H,2-5,7-8,15H2,1H3,(H,33,40)/t24-,26-,27+,28-,30-/m1/s1. The lowest BCUT2D eigenvalue weighted by atomic mass is 9.95. The van der Waals surface area contributed by atoms with Gasteiger partial charge in [-0.1, -0.05) is 25.3 Å². The molecule has 2 aromatic carbocycles. The molecule has 2 fully saturated rings. The van der Waals surface area contributed by atoms with E-state index in [1.807, 2.05) is 6.92 Å². The van der Waals surface area contributed by atoms with E-state index in [-0.39, 0.29) is 28.4 Å². The van der Waals surface area contributed by atoms with Gasteiger partial charge in [0.25, 0.3) is 5.91 Å². The van der Waals surface area contributed by atoms with Crippen LogP contribution in [0.2, 0.25) is 0 Å². The minimum Gasteiger partial charge on any atom is -0.462 e. The highest BCUT2D eigenvalue weighted by molar-refractivity contribution is 6.06. The Morgan fingerprint density at radius 1 is 1.10 bits per heavy atom. The van der Waals surface area contributed by atoms with Gasteiger partial charge >= 0.3 is 0 Å². The third-order valence-electron chi connectivity index (χ3n) is 7.91. The van der Waals surface area contributed by atoms with E-state index in [1.54, 1.807) is 22.8 Å². The van der Waals surface area contributed by atoms with E-state index in [9.17, 15) is 30.0 Å². The van der Waals surface area contributed by atoms with E-state index in [1.165, 1.54) is 30.8 Å². The zero-order valence-corrected chi connectivity index (χ0v) is 23.2. The number of hydrogen-bond acceptors (Lipinski definition) is 9. The summed E-state index contributed by atoms with van der Waals surface area (Å²) < 4.78 is 27.9. The maximum atomic E-state index is 15.1. The molecular formula is C30H36FN3O8. The molecule has 6 N–H and O–H groups in total. The van der Waals surface area contributed by atoms with Crippen molar-refractivity contribution in [2.75, 3.05) is 17.2 Å². The first-order valence-electron chi connectivity index (χ1n) is 14.2. The monoisotopic (exact) mass is 585 g/mol. The fourth-order valence-corrected chi connectivity index (χ4v) is 5.56. The molecule has 11 nitrogen and oxygen atoms in total. The summed E-state index contributed by atoms with van der Waals surface area (Å²) in [6, 6.07) is 9.03. The van der Waals surface area contributed by atoms with Crippen LogP contribution in [-0.2, 0) is 11.3 Å². The van der Waals surface area contributed by atoms with Crippen molar-refractivity contribution in [3.63, 3.8) is 0 Å². The van der Waals surface area contributed by atoms with Crippen molar-refractivity contribution in [2.45, 2.75) is 82.3 Å². The number of aliphatic hydroxyl groups excluding tert-OH is 4. The molecule has 1 amide bonds. The second kappa shape index (κ2) is 12.8. The molecule has 3 aromatic rings. The average molecular weight is 586 g/mol. The molecular weight excluding hydrogens is 549 g/mol. The molecule has 1 saturated heterocycles. The van der Waals surface area contributed by atoms with E-state index in [4.69, 9.17) is 9.47 Å². The molecule has 12 heteroatoms. The molecule has 0 radical (unpaired) electrons. The Hall–Kier alpha value is -3.55. The zero-order chi connectivity index (χ0) is 30.0. The summed E-state index contributed by atoms with van der Waals surface area (Å²) in [6.45, 7) is 1.70. The molecule has 42 heavy (non-hydrogen) atoms. The minimum atomic E-state index is -1.61. The van der Waals surface area contributed by atoms with Crippen molar-refractivity contribution >= 4 is 28.2 Å². The van der Waals surface area contributed by atoms with E-state index in [0.29, 0.717) is 17.7 Å². The van der Waals surface area contributed by atoms with Crippen molar-refractivity contribution in [1.82, 2.24) is 4.57 Å². The summed E-state index contributed by atoms with van der Waals surface area (Å²) in [7, 11) is 0. The highest BCUT2D eigenvalue weighted by Crippen LogP contribution is 2.28. The first-order valence-corrected chi connectivity index (χ1v) is 14.2. The van der Waals surface area contributed by atoms with Gasteiger partial charge in [0.2, 0.25) is 11.7 Å². The molecule has 5 rings (SSSR count). The van der Waals surface area contributed by atoms with Crippen LogP contribution in [0.5, 0.6) is 5.75 Å². The number of benzene rings is 2. The second-order valence-electron chi connectivity index (χ2n) is 10.8. The van der Waals surface area contributed by atoms with Crippen molar-refractivity contribution in [3.05, 3.63) is 64.2 Å². The van der Waals surface area contributed by atoms with Gasteiger partial charge in [-0.3, -0.25) is 9.59 Å². The maximum absolute atomic E-state index is 15.1. The number of rotatable bonds is 8. The molecule has 5 atom stereocenters. The first-order chi connectivity index (χ1) is 20.2. The van der Waals surface area contributed by atoms with Gasteiger partial charge in [0, 0.05) is 35.9 Å². The number of pyridine rings is 1. The largest absolute Gasteiger partial charge is 0.462 e. The number of nitrogens with zero attached hydrogens (tertiary/aromatic N) is 1. The number of aliphatic hydroxyl groups is 4. The fraction of sp³-hybridized carbons (Fsp3) is 0.467. The van der Waals surface area contributed by atoms with Crippen molar-refractivity contribution in [1.29, 1.82) is 0 Å². The Morgan fingerprint density at radius 2 is 1.86 bits per heavy atom. The smallest absolute Gasteiger partial charge is 0.261 e. The number of carbonyl (C=O) groups is 1. The summed E-state index contributed by atoms with van der Waals surface area (Å²) in [5, 5.41) is 45.6. The number of nitrogens with one attached hydrogen (secondary N) is 2. The molecule has 0 spiro atoms. The number of halogens is 1. The van der Waals surface area contributed by atoms with Gasteiger partial charge in [-0.2, -0.15) is 0 Å². The predicted molar refractivity (Wildman–Crippen MR) is 153 cm³/mol. The highest BCUT2D eigenvalue weighted by atomic mass is 19.1. The minimum absolute atomic E-state index is 0.0934. The molecule has 1 aliphatic carbocycles. The van der Waals surface area contributed by atoms with Gasteiger partial charge in [0.15, 0.2) is 0 Å². The summed E-state index contributed by atoms with van der Waals surface area (Å²) in [5.41, 5.74) is 0.335. The molecule has 1 aromatic heterocycles. The van der Waals surface area contributed by atoms with Gasteiger partial charge in [-0.15, -0.1) is 0 Å². The van der Waals surface area contributed by atoms with Crippen LogP contribution >= 0.6 is 0 Å². The number of aromatic nitrogens is 1. The molecule has 226 valence electrons. The number of aryl methyl sites for hydroxylation is 1. The predicted octanol–water partition coefficient (Wildman–Crippen LogP) is 2.34. The summed E-state index contributed by atoms with van der Waals surface area (Å²) in [4.78, 5) is 26.6. The molecule has 1 aliphatic heterocycles. The van der Waals surface area contributed by atoms with Crippen LogP contribution in [-0.4, -0.2) is 74.3 Å².